The van der Waals surface area contributed by atoms with E-state index in [4.69, 9.17) is 4.74 Å². The van der Waals surface area contributed by atoms with Crippen molar-refractivity contribution in [2.75, 3.05) is 11.9 Å². The van der Waals surface area contributed by atoms with Crippen LogP contribution in [0.15, 0.2) is 36.9 Å². The van der Waals surface area contributed by atoms with Gasteiger partial charge in [0.15, 0.2) is 23.2 Å². The van der Waals surface area contributed by atoms with E-state index in [0.29, 0.717) is 17.0 Å². The molecule has 5 N–H and O–H groups in total. The van der Waals surface area contributed by atoms with Gasteiger partial charge in [-0.05, 0) is 24.1 Å². The molecule has 10 heteroatoms. The number of ether oxygens (including phenoxy) is 1. The van der Waals surface area contributed by atoms with Gasteiger partial charge in [-0.25, -0.2) is 15.0 Å². The topological polar surface area (TPSA) is 146 Å². The van der Waals surface area contributed by atoms with Crippen LogP contribution in [0.5, 0.6) is 5.75 Å². The summed E-state index contributed by atoms with van der Waals surface area (Å²) in [5.74, 6) is 0.714. The second kappa shape index (κ2) is 7.91. The molecule has 0 bridgehead atoms. The molecule has 3 aromatic rings. The van der Waals surface area contributed by atoms with E-state index in [0.717, 1.165) is 12.0 Å². The van der Waals surface area contributed by atoms with Crippen LogP contribution < -0.4 is 5.32 Å². The number of anilines is 1. The Morgan fingerprint density at radius 3 is 2.55 bits per heavy atom. The van der Waals surface area contributed by atoms with Gasteiger partial charge in [-0.15, -0.1) is 0 Å². The number of phenolic OH excluding ortho intramolecular Hbond substituents is 1. The summed E-state index contributed by atoms with van der Waals surface area (Å²) in [4.78, 5) is 12.9. The number of aromatic nitrogens is 4. The summed E-state index contributed by atoms with van der Waals surface area (Å²) in [6.45, 7) is 1.62. The zero-order valence-electron chi connectivity index (χ0n) is 15.8. The molecule has 1 saturated heterocycles. The fourth-order valence-corrected chi connectivity index (χ4v) is 3.55. The van der Waals surface area contributed by atoms with Crippen molar-refractivity contribution in [2.45, 2.75) is 43.9 Å². The van der Waals surface area contributed by atoms with E-state index in [1.54, 1.807) is 12.1 Å². The first-order valence-corrected chi connectivity index (χ1v) is 9.39. The lowest BCUT2D eigenvalue weighted by Crippen LogP contribution is -2.33. The lowest BCUT2D eigenvalue weighted by molar-refractivity contribution is -0.0511. The number of hydrogen-bond donors (Lipinski definition) is 5. The lowest BCUT2D eigenvalue weighted by atomic mass is 10.0. The van der Waals surface area contributed by atoms with Crippen LogP contribution in [-0.4, -0.2) is 64.9 Å². The number of aliphatic hydroxyl groups excluding tert-OH is 3. The molecule has 1 aliphatic heterocycles. The van der Waals surface area contributed by atoms with Gasteiger partial charge in [-0.1, -0.05) is 19.1 Å². The minimum Gasteiger partial charge on any atom is -0.508 e. The first-order chi connectivity index (χ1) is 14.0. The highest BCUT2D eigenvalue weighted by Crippen LogP contribution is 2.33. The highest BCUT2D eigenvalue weighted by atomic mass is 16.6. The maximum Gasteiger partial charge on any atom is 0.167 e. The Labute approximate surface area is 166 Å². The molecule has 3 heterocycles. The highest BCUT2D eigenvalue weighted by molar-refractivity contribution is 5.83. The van der Waals surface area contributed by atoms with Gasteiger partial charge >= 0.3 is 0 Å². The second-order valence-corrected chi connectivity index (χ2v) is 6.97. The molecule has 0 aliphatic carbocycles. The van der Waals surface area contributed by atoms with Crippen molar-refractivity contribution >= 4 is 17.0 Å². The number of phenols is 1. The molecule has 0 spiro atoms. The number of aromatic hydroxyl groups is 1. The van der Waals surface area contributed by atoms with Crippen molar-refractivity contribution in [3.8, 4) is 5.75 Å². The molecule has 1 aromatic carbocycles. The Morgan fingerprint density at radius 1 is 1.14 bits per heavy atom. The zero-order chi connectivity index (χ0) is 20.5. The first-order valence-electron chi connectivity index (χ1n) is 9.39. The van der Waals surface area contributed by atoms with E-state index in [9.17, 15) is 20.4 Å². The number of imidazole rings is 1. The number of nitrogens with one attached hydrogen (secondary N) is 1. The summed E-state index contributed by atoms with van der Waals surface area (Å²) in [5.41, 5.74) is 1.90. The first kappa shape index (κ1) is 19.5. The molecule has 5 atom stereocenters. The molecule has 0 radical (unpaired) electrons. The van der Waals surface area contributed by atoms with E-state index in [1.165, 1.54) is 17.2 Å². The van der Waals surface area contributed by atoms with E-state index < -0.39 is 31.1 Å². The van der Waals surface area contributed by atoms with E-state index in [2.05, 4.69) is 20.3 Å². The van der Waals surface area contributed by atoms with Crippen molar-refractivity contribution < 1.29 is 25.2 Å². The second-order valence-electron chi connectivity index (χ2n) is 6.97. The predicted molar refractivity (Wildman–Crippen MR) is 103 cm³/mol. The summed E-state index contributed by atoms with van der Waals surface area (Å²) in [6, 6.07) is 6.88. The minimum absolute atomic E-state index is 0.0623. The van der Waals surface area contributed by atoms with Crippen LogP contribution in [0, 0.1) is 0 Å². The molecule has 5 unspecified atom stereocenters. The van der Waals surface area contributed by atoms with Crippen LogP contribution in [0.25, 0.3) is 11.2 Å². The van der Waals surface area contributed by atoms with Gasteiger partial charge in [0.2, 0.25) is 0 Å². The number of benzene rings is 1. The molecule has 0 saturated carbocycles. The van der Waals surface area contributed by atoms with Crippen LogP contribution in [0.4, 0.5) is 5.82 Å². The lowest BCUT2D eigenvalue weighted by Gasteiger charge is -2.19. The van der Waals surface area contributed by atoms with Crippen molar-refractivity contribution in [2.24, 2.45) is 0 Å². The molecule has 1 aliphatic rings. The molecule has 29 heavy (non-hydrogen) atoms. The molecule has 10 nitrogen and oxygen atoms in total. The van der Waals surface area contributed by atoms with Gasteiger partial charge in [0.05, 0.1) is 19.0 Å². The molecule has 2 aromatic heterocycles. The standard InChI is InChI=1S/C19H23N5O5/c1-2-12(10-3-5-11(26)6-4-10)23-17-14-18(21-8-20-17)24(9-22-14)19-16(28)15(27)13(7-25)29-19/h3-6,8-9,12-13,15-16,19,25-28H,2,7H2,1H3,(H,20,21,23). The van der Waals surface area contributed by atoms with Crippen molar-refractivity contribution in [3.63, 3.8) is 0 Å². The Morgan fingerprint density at radius 2 is 1.90 bits per heavy atom. The Kier molecular flexibility index (Phi) is 5.33. The van der Waals surface area contributed by atoms with E-state index in [1.807, 2.05) is 19.1 Å². The molecule has 154 valence electrons. The van der Waals surface area contributed by atoms with Gasteiger partial charge in [0, 0.05) is 0 Å². The number of fused-ring (bicyclic) bond motifs is 1. The van der Waals surface area contributed by atoms with Crippen molar-refractivity contribution in [1.29, 1.82) is 0 Å². The van der Waals surface area contributed by atoms with Crippen LogP contribution >= 0.6 is 0 Å². The zero-order valence-corrected chi connectivity index (χ0v) is 15.8. The molecular weight excluding hydrogens is 378 g/mol. The number of aliphatic hydroxyl groups is 3. The maximum atomic E-state index is 10.3. The average molecular weight is 401 g/mol. The minimum atomic E-state index is -1.23. The van der Waals surface area contributed by atoms with Crippen LogP contribution in [0.2, 0.25) is 0 Å². The normalized spacial score (nSPS) is 25.4. The van der Waals surface area contributed by atoms with E-state index in [-0.39, 0.29) is 11.8 Å². The summed E-state index contributed by atoms with van der Waals surface area (Å²) in [6.07, 6.45) is -0.622. The van der Waals surface area contributed by atoms with E-state index >= 15 is 0 Å². The largest absolute Gasteiger partial charge is 0.508 e. The van der Waals surface area contributed by atoms with Gasteiger partial charge in [0.25, 0.3) is 0 Å². The van der Waals surface area contributed by atoms with Crippen LogP contribution in [0.1, 0.15) is 31.2 Å². The fraction of sp³-hybridized carbons (Fsp3) is 0.421. The molecule has 4 rings (SSSR count). The van der Waals surface area contributed by atoms with Crippen LogP contribution in [0.3, 0.4) is 0 Å². The maximum absolute atomic E-state index is 10.3. The third-order valence-corrected chi connectivity index (χ3v) is 5.16. The van der Waals surface area contributed by atoms with Gasteiger partial charge in [-0.3, -0.25) is 4.57 Å². The van der Waals surface area contributed by atoms with Crippen molar-refractivity contribution in [1.82, 2.24) is 19.5 Å². The van der Waals surface area contributed by atoms with Gasteiger partial charge < -0.3 is 30.5 Å². The number of hydrogen-bond acceptors (Lipinski definition) is 9. The van der Waals surface area contributed by atoms with Crippen LogP contribution in [-0.2, 0) is 4.74 Å². The Hall–Kier alpha value is -2.79. The van der Waals surface area contributed by atoms with Gasteiger partial charge in [-0.2, -0.15) is 0 Å². The third-order valence-electron chi connectivity index (χ3n) is 5.16. The number of nitrogens with zero attached hydrogens (tertiary/aromatic N) is 4. The monoisotopic (exact) mass is 401 g/mol. The third kappa shape index (κ3) is 3.51. The smallest absolute Gasteiger partial charge is 0.167 e. The quantitative estimate of drug-likeness (QED) is 0.403. The van der Waals surface area contributed by atoms with Gasteiger partial charge in [0.1, 0.15) is 30.4 Å². The summed E-state index contributed by atoms with van der Waals surface area (Å²) >= 11 is 0. The summed E-state index contributed by atoms with van der Waals surface area (Å²) in [7, 11) is 0. The molecule has 0 amide bonds. The molecular formula is C19H23N5O5. The average Bonchev–Trinajstić information content (AvgIpc) is 3.28. The fourth-order valence-electron chi connectivity index (χ4n) is 3.55. The summed E-state index contributed by atoms with van der Waals surface area (Å²) in [5, 5.41) is 42.5. The van der Waals surface area contributed by atoms with Crippen molar-refractivity contribution in [3.05, 3.63) is 42.5 Å². The molecule has 1 fully saturated rings. The Balaban J connectivity index is 1.65. The summed E-state index contributed by atoms with van der Waals surface area (Å²) < 4.78 is 7.10. The Bertz CT molecular complexity index is 979. The highest BCUT2D eigenvalue weighted by Gasteiger charge is 2.44. The number of rotatable bonds is 6. The SMILES string of the molecule is CCC(Nc1ncnc2c1ncn2C1OC(CO)C(O)C1O)c1ccc(O)cc1. The predicted octanol–water partition coefficient (Wildman–Crippen LogP) is 0.707.